The van der Waals surface area contributed by atoms with Gasteiger partial charge in [-0.3, -0.25) is 0 Å². The van der Waals surface area contributed by atoms with Gasteiger partial charge >= 0.3 is 0 Å². The molecular weight excluding hydrogens is 142 g/mol. The Morgan fingerprint density at radius 3 is 2.64 bits per heavy atom. The van der Waals surface area contributed by atoms with Crippen LogP contribution in [-0.4, -0.2) is 29.5 Å². The first-order chi connectivity index (χ1) is 5.20. The second kappa shape index (κ2) is 6.34. The van der Waals surface area contributed by atoms with Crippen LogP contribution < -0.4 is 5.73 Å². The van der Waals surface area contributed by atoms with Crippen LogP contribution >= 0.6 is 0 Å². The summed E-state index contributed by atoms with van der Waals surface area (Å²) in [5, 5.41) is 17.1. The highest BCUT2D eigenvalue weighted by Gasteiger charge is 1.97. The molecule has 0 unspecified atom stereocenters. The van der Waals surface area contributed by atoms with E-state index in [1.54, 1.807) is 0 Å². The fourth-order valence-corrected chi connectivity index (χ4v) is 0.828. The van der Waals surface area contributed by atoms with Crippen molar-refractivity contribution in [2.24, 2.45) is 5.73 Å². The molecule has 11 heavy (non-hydrogen) atoms. The summed E-state index contributed by atoms with van der Waals surface area (Å²) in [6.45, 7) is 2.07. The van der Waals surface area contributed by atoms with Gasteiger partial charge in [0.25, 0.3) is 0 Å². The normalized spacial score (nSPS) is 15.1. The maximum absolute atomic E-state index is 8.64. The van der Waals surface area contributed by atoms with Gasteiger partial charge in [-0.1, -0.05) is 11.6 Å². The van der Waals surface area contributed by atoms with E-state index in [4.69, 9.17) is 15.9 Å². The molecule has 0 aliphatic carbocycles. The van der Waals surface area contributed by atoms with E-state index in [1.807, 2.05) is 13.0 Å². The van der Waals surface area contributed by atoms with Crippen molar-refractivity contribution in [2.75, 3.05) is 13.2 Å². The summed E-state index contributed by atoms with van der Waals surface area (Å²) in [5.41, 5.74) is 6.52. The zero-order chi connectivity index (χ0) is 8.69. The van der Waals surface area contributed by atoms with Crippen LogP contribution in [0.2, 0.25) is 0 Å². The van der Waals surface area contributed by atoms with E-state index in [0.717, 1.165) is 18.4 Å². The third kappa shape index (κ3) is 6.04. The molecule has 0 bridgehead atoms. The lowest BCUT2D eigenvalue weighted by Gasteiger charge is -2.05. The molecule has 0 saturated heterocycles. The van der Waals surface area contributed by atoms with Gasteiger partial charge in [-0.05, 0) is 19.8 Å². The molecule has 0 amide bonds. The van der Waals surface area contributed by atoms with Crippen LogP contribution in [-0.2, 0) is 0 Å². The Morgan fingerprint density at radius 1 is 1.55 bits per heavy atom. The predicted octanol–water partition coefficient (Wildman–Crippen LogP) is 0.0248. The zero-order valence-electron chi connectivity index (χ0n) is 6.95. The van der Waals surface area contributed by atoms with Crippen LogP contribution in [0.25, 0.3) is 0 Å². The summed E-state index contributed by atoms with van der Waals surface area (Å²) in [7, 11) is 0. The molecule has 0 rings (SSSR count). The lowest BCUT2D eigenvalue weighted by molar-refractivity contribution is 0.282. The van der Waals surface area contributed by atoms with Crippen molar-refractivity contribution < 1.29 is 10.2 Å². The Bertz CT molecular complexity index is 123. The van der Waals surface area contributed by atoms with Gasteiger partial charge in [0.1, 0.15) is 0 Å². The van der Waals surface area contributed by atoms with Crippen molar-refractivity contribution in [3.8, 4) is 0 Å². The van der Waals surface area contributed by atoms with Crippen LogP contribution in [0.4, 0.5) is 0 Å². The second-order valence-corrected chi connectivity index (χ2v) is 2.70. The molecular formula is C8H17NO2. The number of rotatable bonds is 5. The van der Waals surface area contributed by atoms with E-state index in [2.05, 4.69) is 0 Å². The molecule has 4 N–H and O–H groups in total. The van der Waals surface area contributed by atoms with Crippen LogP contribution in [0.1, 0.15) is 19.8 Å². The maximum Gasteiger partial charge on any atom is 0.0639 e. The van der Waals surface area contributed by atoms with Crippen molar-refractivity contribution >= 4 is 0 Å². The second-order valence-electron chi connectivity index (χ2n) is 2.70. The minimum absolute atomic E-state index is 0.0331. The number of hydrogen-bond acceptors (Lipinski definition) is 3. The number of aliphatic hydroxyl groups excluding tert-OH is 2. The predicted molar refractivity (Wildman–Crippen MR) is 45.1 cm³/mol. The first-order valence-corrected chi connectivity index (χ1v) is 3.85. The molecule has 3 heteroatoms. The Kier molecular flexibility index (Phi) is 6.12. The molecule has 0 heterocycles. The highest BCUT2D eigenvalue weighted by Crippen LogP contribution is 1.99. The van der Waals surface area contributed by atoms with E-state index < -0.39 is 0 Å². The lowest BCUT2D eigenvalue weighted by Crippen LogP contribution is -2.18. The summed E-state index contributed by atoms with van der Waals surface area (Å²) < 4.78 is 0. The van der Waals surface area contributed by atoms with Gasteiger partial charge < -0.3 is 15.9 Å². The maximum atomic E-state index is 8.64. The molecule has 0 saturated carbocycles. The highest BCUT2D eigenvalue weighted by molar-refractivity contribution is 5.02. The molecule has 0 aliphatic heterocycles. The van der Waals surface area contributed by atoms with Gasteiger partial charge in [0, 0.05) is 12.6 Å². The van der Waals surface area contributed by atoms with E-state index in [-0.39, 0.29) is 19.3 Å². The summed E-state index contributed by atoms with van der Waals surface area (Å²) in [6, 6.07) is -0.0331. The van der Waals surface area contributed by atoms with E-state index >= 15 is 0 Å². The number of hydrogen-bond donors (Lipinski definition) is 3. The number of aliphatic hydroxyl groups is 2. The topological polar surface area (TPSA) is 66.5 Å². The van der Waals surface area contributed by atoms with Crippen molar-refractivity contribution in [3.63, 3.8) is 0 Å². The van der Waals surface area contributed by atoms with Crippen molar-refractivity contribution in [3.05, 3.63) is 11.6 Å². The van der Waals surface area contributed by atoms with Crippen LogP contribution in [0.5, 0.6) is 0 Å². The van der Waals surface area contributed by atoms with Crippen molar-refractivity contribution in [1.82, 2.24) is 0 Å². The molecule has 0 aromatic heterocycles. The molecule has 0 fully saturated rings. The molecule has 0 aliphatic rings. The Balaban J connectivity index is 3.57. The first kappa shape index (κ1) is 10.6. The van der Waals surface area contributed by atoms with Gasteiger partial charge in [-0.25, -0.2) is 0 Å². The zero-order valence-corrected chi connectivity index (χ0v) is 6.95. The highest BCUT2D eigenvalue weighted by atomic mass is 16.3. The minimum atomic E-state index is -0.0331. The van der Waals surface area contributed by atoms with Crippen molar-refractivity contribution in [1.29, 1.82) is 0 Å². The van der Waals surface area contributed by atoms with Gasteiger partial charge in [0.2, 0.25) is 0 Å². The van der Waals surface area contributed by atoms with Crippen LogP contribution in [0.3, 0.4) is 0 Å². The third-order valence-electron chi connectivity index (χ3n) is 1.44. The summed E-state index contributed by atoms with van der Waals surface area (Å²) in [4.78, 5) is 0. The smallest absolute Gasteiger partial charge is 0.0639 e. The van der Waals surface area contributed by atoms with E-state index in [0.29, 0.717) is 0 Å². The average Bonchev–Trinajstić information content (AvgIpc) is 2.00. The molecule has 0 spiro atoms. The molecule has 66 valence electrons. The van der Waals surface area contributed by atoms with E-state index in [1.165, 1.54) is 0 Å². The quantitative estimate of drug-likeness (QED) is 0.496. The summed E-state index contributed by atoms with van der Waals surface area (Å²) in [5.74, 6) is 0. The fourth-order valence-electron chi connectivity index (χ4n) is 0.828. The van der Waals surface area contributed by atoms with Gasteiger partial charge in [0.05, 0.1) is 6.61 Å². The average molecular weight is 159 g/mol. The summed E-state index contributed by atoms with van der Waals surface area (Å²) >= 11 is 0. The van der Waals surface area contributed by atoms with Crippen molar-refractivity contribution in [2.45, 2.75) is 25.8 Å². The van der Waals surface area contributed by atoms with E-state index in [9.17, 15) is 0 Å². The molecule has 0 radical (unpaired) electrons. The molecule has 1 atom stereocenters. The largest absolute Gasteiger partial charge is 0.396 e. The van der Waals surface area contributed by atoms with Gasteiger partial charge in [-0.2, -0.15) is 0 Å². The minimum Gasteiger partial charge on any atom is -0.396 e. The van der Waals surface area contributed by atoms with Gasteiger partial charge in [-0.15, -0.1) is 0 Å². The SMILES string of the molecule is C/C(=C\[C@@H](N)CCCO)CO. The fraction of sp³-hybridized carbons (Fsp3) is 0.750. The molecule has 3 nitrogen and oxygen atoms in total. The molecule has 0 aromatic rings. The van der Waals surface area contributed by atoms with Gasteiger partial charge in [0.15, 0.2) is 0 Å². The first-order valence-electron chi connectivity index (χ1n) is 3.85. The Hall–Kier alpha value is -0.380. The Morgan fingerprint density at radius 2 is 2.18 bits per heavy atom. The third-order valence-corrected chi connectivity index (χ3v) is 1.44. The molecule has 0 aromatic carbocycles. The number of nitrogens with two attached hydrogens (primary N) is 1. The van der Waals surface area contributed by atoms with Crippen LogP contribution in [0, 0.1) is 0 Å². The van der Waals surface area contributed by atoms with Crippen LogP contribution in [0.15, 0.2) is 11.6 Å². The standard InChI is InChI=1S/C8H17NO2/c1-7(6-11)5-8(9)3-2-4-10/h5,8,10-11H,2-4,6,9H2,1H3/b7-5+/t8-/m0/s1. The lowest BCUT2D eigenvalue weighted by atomic mass is 10.1. The monoisotopic (exact) mass is 159 g/mol. The summed E-state index contributed by atoms with van der Waals surface area (Å²) in [6.07, 6.45) is 3.32. The Labute approximate surface area is 67.5 Å².